The Morgan fingerprint density at radius 3 is 2.71 bits per heavy atom. The summed E-state index contributed by atoms with van der Waals surface area (Å²) in [5.41, 5.74) is 0.913. The second kappa shape index (κ2) is 7.33. The molecule has 1 aliphatic heterocycles. The fourth-order valence-electron chi connectivity index (χ4n) is 2.21. The maximum Gasteiger partial charge on any atom is 0.387 e. The smallest absolute Gasteiger partial charge is 0.387 e. The molecule has 1 aliphatic rings. The van der Waals surface area contributed by atoms with Gasteiger partial charge in [-0.25, -0.2) is 0 Å². The lowest BCUT2D eigenvalue weighted by Gasteiger charge is -2.11. The first-order valence-corrected chi connectivity index (χ1v) is 6.77. The average Bonchev–Trinajstić information content (AvgIpc) is 2.87. The third-order valence-electron chi connectivity index (χ3n) is 3.29. The van der Waals surface area contributed by atoms with E-state index in [1.54, 1.807) is 12.1 Å². The van der Waals surface area contributed by atoms with Crippen LogP contribution in [-0.4, -0.2) is 42.9 Å². The largest absolute Gasteiger partial charge is 0.435 e. The second-order valence-electron chi connectivity index (χ2n) is 4.91. The summed E-state index contributed by atoms with van der Waals surface area (Å²) >= 11 is 0. The molecule has 0 radical (unpaired) electrons. The van der Waals surface area contributed by atoms with Crippen LogP contribution in [0.4, 0.5) is 8.78 Å². The van der Waals surface area contributed by atoms with Crippen molar-refractivity contribution in [1.82, 2.24) is 10.6 Å². The number of aliphatic hydroxyl groups excluding tert-OH is 1. The second-order valence-corrected chi connectivity index (χ2v) is 4.91. The molecule has 5 nitrogen and oxygen atoms in total. The Hall–Kier alpha value is -1.73. The van der Waals surface area contributed by atoms with Crippen LogP contribution in [0, 0.1) is 0 Å². The molecular formula is C14H18F2N2O3. The summed E-state index contributed by atoms with van der Waals surface area (Å²) in [6.07, 6.45) is 0.546. The lowest BCUT2D eigenvalue weighted by Crippen LogP contribution is -2.41. The molecule has 1 saturated heterocycles. The van der Waals surface area contributed by atoms with Crippen molar-refractivity contribution >= 4 is 5.91 Å². The number of β-amino-alcohol motifs (C(OH)–C–C–N with tert-alkyl or cyclic N) is 1. The van der Waals surface area contributed by atoms with Crippen LogP contribution in [0.3, 0.4) is 0 Å². The molecule has 2 rings (SSSR count). The van der Waals surface area contributed by atoms with Gasteiger partial charge in [-0.1, -0.05) is 12.1 Å². The molecule has 0 bridgehead atoms. The Labute approximate surface area is 121 Å². The Morgan fingerprint density at radius 1 is 1.43 bits per heavy atom. The van der Waals surface area contributed by atoms with Crippen molar-refractivity contribution in [2.75, 3.05) is 13.1 Å². The molecule has 0 aromatic heterocycles. The lowest BCUT2D eigenvalue weighted by molar-refractivity contribution is -0.122. The van der Waals surface area contributed by atoms with Crippen molar-refractivity contribution in [3.8, 4) is 5.75 Å². The summed E-state index contributed by atoms with van der Waals surface area (Å²) in [5.74, 6) is -0.0221. The molecule has 21 heavy (non-hydrogen) atoms. The minimum Gasteiger partial charge on any atom is -0.435 e. The molecule has 116 valence electrons. The molecule has 0 saturated carbocycles. The maximum absolute atomic E-state index is 12.0. The van der Waals surface area contributed by atoms with E-state index in [0.29, 0.717) is 25.9 Å². The van der Waals surface area contributed by atoms with Crippen LogP contribution < -0.4 is 15.4 Å². The summed E-state index contributed by atoms with van der Waals surface area (Å²) in [6, 6.07) is 5.96. The Morgan fingerprint density at radius 2 is 2.14 bits per heavy atom. The number of carbonyl (C=O) groups excluding carboxylic acids is 1. The minimum absolute atomic E-state index is 0.113. The minimum atomic E-state index is -2.83. The molecule has 2 unspecified atom stereocenters. The van der Waals surface area contributed by atoms with Gasteiger partial charge in [0.05, 0.1) is 12.1 Å². The summed E-state index contributed by atoms with van der Waals surface area (Å²) in [5, 5.41) is 15.0. The van der Waals surface area contributed by atoms with Gasteiger partial charge in [0.2, 0.25) is 5.91 Å². The quantitative estimate of drug-likeness (QED) is 0.722. The van der Waals surface area contributed by atoms with Gasteiger partial charge < -0.3 is 20.5 Å². The molecular weight excluding hydrogens is 282 g/mol. The molecule has 2 atom stereocenters. The Balaban J connectivity index is 1.72. The Bertz CT molecular complexity index is 468. The molecule has 0 aliphatic carbocycles. The van der Waals surface area contributed by atoms with Crippen molar-refractivity contribution in [1.29, 1.82) is 0 Å². The standard InChI is InChI=1S/C14H18F2N2O3/c15-14(16)21-11-3-1-9(2-4-11)5-6-17-13(20)12-7-10(19)8-18-12/h1-4,10,12,14,18-19H,5-8H2,(H,17,20). The number of halogens is 2. The van der Waals surface area contributed by atoms with Crippen LogP contribution in [0.1, 0.15) is 12.0 Å². The summed E-state index contributed by atoms with van der Waals surface area (Å²) in [7, 11) is 0. The number of nitrogens with one attached hydrogen (secondary N) is 2. The highest BCUT2D eigenvalue weighted by Crippen LogP contribution is 2.15. The molecule has 1 aromatic rings. The zero-order chi connectivity index (χ0) is 15.2. The summed E-state index contributed by atoms with van der Waals surface area (Å²) in [6.45, 7) is -1.95. The monoisotopic (exact) mass is 300 g/mol. The van der Waals surface area contributed by atoms with Crippen molar-refractivity contribution in [3.63, 3.8) is 0 Å². The first-order valence-electron chi connectivity index (χ1n) is 6.77. The zero-order valence-electron chi connectivity index (χ0n) is 11.4. The SMILES string of the molecule is O=C(NCCc1ccc(OC(F)F)cc1)C1CC(O)CN1. The number of amides is 1. The van der Waals surface area contributed by atoms with Gasteiger partial charge in [0, 0.05) is 13.1 Å². The van der Waals surface area contributed by atoms with Crippen LogP contribution in [0.5, 0.6) is 5.75 Å². The predicted molar refractivity (Wildman–Crippen MR) is 72.2 cm³/mol. The topological polar surface area (TPSA) is 70.6 Å². The zero-order valence-corrected chi connectivity index (χ0v) is 11.4. The van der Waals surface area contributed by atoms with Crippen molar-refractivity contribution in [2.24, 2.45) is 0 Å². The van der Waals surface area contributed by atoms with Gasteiger partial charge in [0.1, 0.15) is 5.75 Å². The number of hydrogen-bond acceptors (Lipinski definition) is 4. The molecule has 1 amide bonds. The first kappa shape index (κ1) is 15.7. The van der Waals surface area contributed by atoms with E-state index < -0.39 is 12.7 Å². The number of rotatable bonds is 6. The number of aliphatic hydroxyl groups is 1. The van der Waals surface area contributed by atoms with Gasteiger partial charge in [0.15, 0.2) is 0 Å². The maximum atomic E-state index is 12.0. The third-order valence-corrected chi connectivity index (χ3v) is 3.29. The van der Waals surface area contributed by atoms with Gasteiger partial charge in [-0.3, -0.25) is 4.79 Å². The number of hydrogen-bond donors (Lipinski definition) is 3. The highest BCUT2D eigenvalue weighted by molar-refractivity contribution is 5.82. The number of ether oxygens (including phenoxy) is 1. The normalized spacial score (nSPS) is 21.5. The fourth-order valence-corrected chi connectivity index (χ4v) is 2.21. The first-order chi connectivity index (χ1) is 10.0. The van der Waals surface area contributed by atoms with Crippen LogP contribution >= 0.6 is 0 Å². The Kier molecular flexibility index (Phi) is 5.46. The van der Waals surface area contributed by atoms with E-state index in [-0.39, 0.29) is 17.7 Å². The van der Waals surface area contributed by atoms with Gasteiger partial charge in [-0.15, -0.1) is 0 Å². The van der Waals surface area contributed by atoms with E-state index in [0.717, 1.165) is 5.56 Å². The van der Waals surface area contributed by atoms with Crippen LogP contribution in [0.15, 0.2) is 24.3 Å². The third kappa shape index (κ3) is 4.95. The van der Waals surface area contributed by atoms with E-state index in [1.165, 1.54) is 12.1 Å². The molecule has 1 fully saturated rings. The van der Waals surface area contributed by atoms with E-state index in [2.05, 4.69) is 15.4 Å². The van der Waals surface area contributed by atoms with E-state index in [4.69, 9.17) is 0 Å². The number of benzene rings is 1. The van der Waals surface area contributed by atoms with E-state index in [1.807, 2.05) is 0 Å². The van der Waals surface area contributed by atoms with Gasteiger partial charge >= 0.3 is 6.61 Å². The van der Waals surface area contributed by atoms with Gasteiger partial charge in [0.25, 0.3) is 0 Å². The molecule has 3 N–H and O–H groups in total. The van der Waals surface area contributed by atoms with Crippen molar-refractivity contribution in [2.45, 2.75) is 31.6 Å². The van der Waals surface area contributed by atoms with Crippen molar-refractivity contribution < 1.29 is 23.4 Å². The van der Waals surface area contributed by atoms with Crippen LogP contribution in [-0.2, 0) is 11.2 Å². The van der Waals surface area contributed by atoms with E-state index in [9.17, 15) is 18.7 Å². The van der Waals surface area contributed by atoms with Crippen LogP contribution in [0.2, 0.25) is 0 Å². The highest BCUT2D eigenvalue weighted by Gasteiger charge is 2.27. The highest BCUT2D eigenvalue weighted by atomic mass is 19.3. The molecule has 1 aromatic carbocycles. The number of alkyl halides is 2. The van der Waals surface area contributed by atoms with E-state index >= 15 is 0 Å². The molecule has 0 spiro atoms. The average molecular weight is 300 g/mol. The fraction of sp³-hybridized carbons (Fsp3) is 0.500. The van der Waals surface area contributed by atoms with Gasteiger partial charge in [-0.05, 0) is 30.5 Å². The van der Waals surface area contributed by atoms with Crippen molar-refractivity contribution in [3.05, 3.63) is 29.8 Å². The van der Waals surface area contributed by atoms with Crippen LogP contribution in [0.25, 0.3) is 0 Å². The summed E-state index contributed by atoms with van der Waals surface area (Å²) < 4.78 is 28.2. The summed E-state index contributed by atoms with van der Waals surface area (Å²) in [4.78, 5) is 11.8. The number of carbonyl (C=O) groups is 1. The van der Waals surface area contributed by atoms with Gasteiger partial charge in [-0.2, -0.15) is 8.78 Å². The molecule has 1 heterocycles. The molecule has 7 heteroatoms. The predicted octanol–water partition coefficient (Wildman–Crippen LogP) is 0.669. The lowest BCUT2D eigenvalue weighted by atomic mass is 10.1.